The first kappa shape index (κ1) is 29.5. The number of aromatic nitrogens is 7. The third-order valence-corrected chi connectivity index (χ3v) is 9.70. The number of nitrogens with zero attached hydrogens (tertiary/aromatic N) is 5. The van der Waals surface area contributed by atoms with Gasteiger partial charge in [-0.25, -0.2) is 18.5 Å². The molecule has 0 aromatic carbocycles. The number of halogens is 1. The van der Waals surface area contributed by atoms with E-state index in [1.165, 1.54) is 10.9 Å². The predicted octanol–water partition coefficient (Wildman–Crippen LogP) is 1.52. The standard InChI is InChI=1S/C21H23FN8O8P2S2/c22-15-13-8-35-39(32,41)34-6-5-29-7-12(11-1-3-24-4-2-11)26-14(29)9-36-40(33,42)38-17(15)20(37-13)30-10-25-16-18(30)27-21(23)28-19(16)31/h1-4,7,10,13,15,17,20H,5-6,8-9H2,(H5,23,27,28,31,32,33,41,42)/p+1. The number of aromatic amines is 2. The number of thiol groups is 1. The minimum Gasteiger partial charge on any atom is -0.355 e. The number of anilines is 1. The zero-order valence-corrected chi connectivity index (χ0v) is 24.8. The summed E-state index contributed by atoms with van der Waals surface area (Å²) in [6.45, 7) is -8.93. The SMILES string of the molecule is Nc1nc2c([nH]c[n+]2C2OC3COP(O)(=S)OCCn4cc(-c5ccncc5)nc4COP(=O)(S)OC2C3F)c(=O)[nH]1. The molecule has 1 fully saturated rings. The number of rotatable bonds is 2. The topological polar surface area (TPSA) is 206 Å². The minimum atomic E-state index is -4.28. The van der Waals surface area contributed by atoms with Crippen LogP contribution in [0.5, 0.6) is 0 Å². The Morgan fingerprint density at radius 2 is 2.05 bits per heavy atom. The second kappa shape index (κ2) is 11.5. The summed E-state index contributed by atoms with van der Waals surface area (Å²) in [5.41, 5.74) is 6.46. The van der Waals surface area contributed by atoms with Gasteiger partial charge in [-0.3, -0.25) is 28.8 Å². The van der Waals surface area contributed by atoms with Crippen molar-refractivity contribution in [1.82, 2.24) is 29.5 Å². The molecule has 224 valence electrons. The molecule has 0 aliphatic carbocycles. The van der Waals surface area contributed by atoms with E-state index in [0.717, 1.165) is 5.56 Å². The van der Waals surface area contributed by atoms with Crippen LogP contribution in [0.3, 0.4) is 0 Å². The van der Waals surface area contributed by atoms with Crippen LogP contribution >= 0.6 is 25.8 Å². The van der Waals surface area contributed by atoms with Gasteiger partial charge in [0.2, 0.25) is 11.7 Å². The fraction of sp³-hybridized carbons (Fsp3) is 0.381. The first-order valence-electron chi connectivity index (χ1n) is 12.3. The number of imidazole rings is 2. The molecule has 2 aliphatic heterocycles. The molecule has 6 heterocycles. The summed E-state index contributed by atoms with van der Waals surface area (Å²) in [5, 5.41) is 0. The number of nitrogens with one attached hydrogen (secondary N) is 2. The summed E-state index contributed by atoms with van der Waals surface area (Å²) in [6, 6.07) is 3.51. The summed E-state index contributed by atoms with van der Waals surface area (Å²) < 4.78 is 60.1. The van der Waals surface area contributed by atoms with Crippen molar-refractivity contribution in [3.63, 3.8) is 0 Å². The van der Waals surface area contributed by atoms with E-state index < -0.39 is 50.3 Å². The van der Waals surface area contributed by atoms with Crippen LogP contribution < -0.4 is 15.9 Å². The predicted molar refractivity (Wildman–Crippen MR) is 150 cm³/mol. The molecule has 0 spiro atoms. The van der Waals surface area contributed by atoms with Crippen LogP contribution in [-0.2, 0) is 52.4 Å². The number of nitrogens with two attached hydrogens (primary N) is 1. The molecule has 2 bridgehead atoms. The lowest BCUT2D eigenvalue weighted by Crippen LogP contribution is -2.46. The molecule has 6 atom stereocenters. The van der Waals surface area contributed by atoms with Crippen LogP contribution in [0.15, 0.2) is 41.8 Å². The zero-order valence-electron chi connectivity index (χ0n) is 21.3. The van der Waals surface area contributed by atoms with Gasteiger partial charge >= 0.3 is 19.2 Å². The van der Waals surface area contributed by atoms with Crippen molar-refractivity contribution in [3.8, 4) is 11.3 Å². The molecule has 0 radical (unpaired) electrons. The van der Waals surface area contributed by atoms with Gasteiger partial charge in [0.25, 0.3) is 11.5 Å². The van der Waals surface area contributed by atoms with Crippen LogP contribution in [0.2, 0.25) is 0 Å². The molecule has 16 nitrogen and oxygen atoms in total. The number of alkyl halides is 1. The fourth-order valence-corrected chi connectivity index (χ4v) is 7.05. The van der Waals surface area contributed by atoms with Crippen molar-refractivity contribution in [3.05, 3.63) is 53.2 Å². The zero-order chi connectivity index (χ0) is 29.6. The highest BCUT2D eigenvalue weighted by atomic mass is 32.7. The van der Waals surface area contributed by atoms with E-state index in [1.807, 2.05) is 0 Å². The van der Waals surface area contributed by atoms with E-state index in [1.54, 1.807) is 35.3 Å². The fourth-order valence-electron chi connectivity index (χ4n) is 4.56. The van der Waals surface area contributed by atoms with Crippen molar-refractivity contribution in [2.75, 3.05) is 18.9 Å². The molecule has 6 unspecified atom stereocenters. The molecule has 0 amide bonds. The second-order valence-corrected chi connectivity index (χ2v) is 14.9. The third kappa shape index (κ3) is 6.07. The van der Waals surface area contributed by atoms with Crippen LogP contribution in [0.1, 0.15) is 12.1 Å². The number of H-pyrrole nitrogens is 2. The van der Waals surface area contributed by atoms with Crippen molar-refractivity contribution in [1.29, 1.82) is 0 Å². The van der Waals surface area contributed by atoms with E-state index in [2.05, 4.69) is 37.2 Å². The average Bonchev–Trinajstić information content (AvgIpc) is 3.63. The summed E-state index contributed by atoms with van der Waals surface area (Å²) >= 11 is 9.20. The number of nitrogen functional groups attached to an aromatic ring is 1. The maximum Gasteiger partial charge on any atom is 0.387 e. The second-order valence-electron chi connectivity index (χ2n) is 9.22. The quantitative estimate of drug-likeness (QED) is 0.118. The summed E-state index contributed by atoms with van der Waals surface area (Å²) in [6.07, 6.45) is -0.111. The molecule has 42 heavy (non-hydrogen) atoms. The molecule has 4 aromatic heterocycles. The van der Waals surface area contributed by atoms with Crippen LogP contribution in [0.4, 0.5) is 10.3 Å². The lowest BCUT2D eigenvalue weighted by molar-refractivity contribution is -0.744. The van der Waals surface area contributed by atoms with Crippen molar-refractivity contribution in [2.24, 2.45) is 0 Å². The van der Waals surface area contributed by atoms with Gasteiger partial charge in [0.05, 0.1) is 18.9 Å². The van der Waals surface area contributed by atoms with E-state index in [9.17, 15) is 14.3 Å². The molecular formula is C21H24FN8O8P2S2+. The number of hydrogen-bond donors (Lipinski definition) is 5. The van der Waals surface area contributed by atoms with Crippen molar-refractivity contribution >= 4 is 54.7 Å². The lowest BCUT2D eigenvalue weighted by atomic mass is 10.1. The van der Waals surface area contributed by atoms with Crippen molar-refractivity contribution < 1.29 is 41.2 Å². The Morgan fingerprint density at radius 1 is 1.26 bits per heavy atom. The normalized spacial score (nSPS) is 30.9. The van der Waals surface area contributed by atoms with Crippen LogP contribution in [0.25, 0.3) is 22.4 Å². The Hall–Kier alpha value is -2.57. The Kier molecular flexibility index (Phi) is 8.08. The molecule has 21 heteroatoms. The molecule has 1 saturated heterocycles. The highest BCUT2D eigenvalue weighted by Gasteiger charge is 2.52. The molecule has 4 aromatic rings. The summed E-state index contributed by atoms with van der Waals surface area (Å²) in [7, 11) is 0. The van der Waals surface area contributed by atoms with Crippen LogP contribution in [-0.4, -0.2) is 66.0 Å². The molecule has 0 saturated carbocycles. The average molecular weight is 662 g/mol. The molecule has 5 N–H and O–H groups in total. The Labute approximate surface area is 246 Å². The monoisotopic (exact) mass is 661 g/mol. The number of hydrogen-bond acceptors (Lipinski definition) is 12. The number of fused-ring (bicyclic) bond motifs is 4. The molecule has 2 aliphatic rings. The first-order chi connectivity index (χ1) is 20.0. The lowest BCUT2D eigenvalue weighted by Gasteiger charge is -2.22. The van der Waals surface area contributed by atoms with Crippen molar-refractivity contribution in [2.45, 2.75) is 37.8 Å². The van der Waals surface area contributed by atoms with Crippen LogP contribution in [0, 0.1) is 0 Å². The summed E-state index contributed by atoms with van der Waals surface area (Å²) in [4.78, 5) is 40.7. The van der Waals surface area contributed by atoms with Gasteiger partial charge in [-0.15, -0.1) is 0 Å². The number of ether oxygens (including phenoxy) is 1. The van der Waals surface area contributed by atoms with E-state index in [-0.39, 0.29) is 36.9 Å². The van der Waals surface area contributed by atoms with Gasteiger partial charge in [0.1, 0.15) is 18.5 Å². The Balaban J connectivity index is 1.35. The third-order valence-electron chi connectivity index (χ3n) is 6.49. The van der Waals surface area contributed by atoms with E-state index in [4.69, 9.17) is 40.4 Å². The summed E-state index contributed by atoms with van der Waals surface area (Å²) in [5.74, 6) is 0.106. The van der Waals surface area contributed by atoms with Gasteiger partial charge in [-0.2, -0.15) is 0 Å². The minimum absolute atomic E-state index is 0.00853. The smallest absolute Gasteiger partial charge is 0.355 e. The Morgan fingerprint density at radius 3 is 2.83 bits per heavy atom. The van der Waals surface area contributed by atoms with Gasteiger partial charge in [0, 0.05) is 30.7 Å². The highest BCUT2D eigenvalue weighted by molar-refractivity contribution is 8.44. The Bertz CT molecular complexity index is 1770. The van der Waals surface area contributed by atoms with Gasteiger partial charge in [-0.05, 0) is 23.9 Å². The van der Waals surface area contributed by atoms with E-state index in [0.29, 0.717) is 11.5 Å². The first-order valence-corrected chi connectivity index (χ1v) is 17.6. The van der Waals surface area contributed by atoms with Gasteiger partial charge in [0.15, 0.2) is 18.6 Å². The maximum atomic E-state index is 15.9. The largest absolute Gasteiger partial charge is 0.387 e. The molecular weight excluding hydrogens is 637 g/mol. The van der Waals surface area contributed by atoms with Gasteiger partial charge in [-0.1, -0.05) is 17.2 Å². The molecule has 6 rings (SSSR count). The van der Waals surface area contributed by atoms with Gasteiger partial charge < -0.3 is 29.0 Å². The maximum absolute atomic E-state index is 15.9. The van der Waals surface area contributed by atoms with E-state index >= 15 is 4.39 Å². The number of pyridine rings is 1. The highest BCUT2D eigenvalue weighted by Crippen LogP contribution is 2.57.